The molecule has 41 heavy (non-hydrogen) atoms. The second kappa shape index (κ2) is 13.3. The van der Waals surface area contributed by atoms with E-state index in [4.69, 9.17) is 11.6 Å². The van der Waals surface area contributed by atoms with Crippen LogP contribution in [0.1, 0.15) is 45.6 Å². The molecule has 0 saturated heterocycles. The number of hydrogen-bond acceptors (Lipinski definition) is 6. The summed E-state index contributed by atoms with van der Waals surface area (Å²) in [5.41, 5.74) is 2.50. The average molecular weight is 594 g/mol. The van der Waals surface area contributed by atoms with Crippen LogP contribution in [0.15, 0.2) is 101 Å². The van der Waals surface area contributed by atoms with Gasteiger partial charge in [0, 0.05) is 30.2 Å². The number of halogens is 1. The van der Waals surface area contributed by atoms with E-state index in [1.807, 2.05) is 42.5 Å². The van der Waals surface area contributed by atoms with Gasteiger partial charge in [-0.1, -0.05) is 73.1 Å². The zero-order valence-corrected chi connectivity index (χ0v) is 24.1. The second-order valence-electron chi connectivity index (χ2n) is 9.79. The van der Waals surface area contributed by atoms with Gasteiger partial charge in [-0.15, -0.1) is 0 Å². The van der Waals surface area contributed by atoms with Crippen molar-refractivity contribution < 1.29 is 28.5 Å². The maximum absolute atomic E-state index is 13.4. The van der Waals surface area contributed by atoms with Gasteiger partial charge in [-0.2, -0.15) is 0 Å². The van der Waals surface area contributed by atoms with Crippen LogP contribution in [-0.2, 0) is 29.2 Å². The Balaban J connectivity index is 1.51. The zero-order valence-electron chi connectivity index (χ0n) is 22.6. The van der Waals surface area contributed by atoms with Crippen LogP contribution in [-0.4, -0.2) is 47.7 Å². The summed E-state index contributed by atoms with van der Waals surface area (Å²) in [6, 6.07) is 26.0. The van der Waals surface area contributed by atoms with Gasteiger partial charge in [-0.3, -0.25) is 4.90 Å². The normalized spacial score (nSPS) is 12.4. The Kier molecular flexibility index (Phi) is 9.83. The van der Waals surface area contributed by atoms with E-state index in [2.05, 4.69) is 4.90 Å². The standard InChI is InChI=1S/C32H32ClNO6S/c1-2-27-30(16-15-28(31(27)36)32(37)38)41(39,40)26-13-11-22(12-14-26)17-18-34(20-23-7-4-3-5-8-23)21-29(35)24-9-6-10-25(33)19-24/h3-16,19,29,35-36H,2,17-18,20-21H2,1H3,(H,37,38)/t29-/m0/s1. The first kappa shape index (κ1) is 30.3. The van der Waals surface area contributed by atoms with Crippen molar-refractivity contribution >= 4 is 27.4 Å². The molecule has 4 aromatic carbocycles. The number of hydrogen-bond donors (Lipinski definition) is 3. The SMILES string of the molecule is CCc1c(S(=O)(=O)c2ccc(CCN(Cc3ccccc3)C[C@H](O)c3cccc(Cl)c3)cc2)ccc(C(=O)O)c1O. The first-order valence-electron chi connectivity index (χ1n) is 13.2. The fraction of sp³-hybridized carbons (Fsp3) is 0.219. The molecule has 0 aliphatic heterocycles. The summed E-state index contributed by atoms with van der Waals surface area (Å²) < 4.78 is 26.8. The fourth-order valence-electron chi connectivity index (χ4n) is 4.77. The van der Waals surface area contributed by atoms with E-state index in [1.54, 1.807) is 31.2 Å². The summed E-state index contributed by atoms with van der Waals surface area (Å²) in [7, 11) is -3.99. The van der Waals surface area contributed by atoms with Gasteiger partial charge >= 0.3 is 5.97 Å². The lowest BCUT2D eigenvalue weighted by Crippen LogP contribution is -2.30. The first-order valence-corrected chi connectivity index (χ1v) is 15.1. The van der Waals surface area contributed by atoms with Crippen molar-refractivity contribution in [1.82, 2.24) is 4.90 Å². The minimum atomic E-state index is -3.99. The first-order chi connectivity index (χ1) is 19.6. The second-order valence-corrected chi connectivity index (χ2v) is 12.1. The Morgan fingerprint density at radius 2 is 1.63 bits per heavy atom. The van der Waals surface area contributed by atoms with Gasteiger partial charge in [0.25, 0.3) is 0 Å². The number of carboxylic acids is 1. The predicted octanol–water partition coefficient (Wildman–Crippen LogP) is 5.92. The van der Waals surface area contributed by atoms with Gasteiger partial charge in [0.15, 0.2) is 0 Å². The van der Waals surface area contributed by atoms with Crippen molar-refractivity contribution in [3.63, 3.8) is 0 Å². The molecule has 9 heteroatoms. The molecule has 0 heterocycles. The maximum atomic E-state index is 13.4. The third-order valence-electron chi connectivity index (χ3n) is 6.98. The monoisotopic (exact) mass is 593 g/mol. The Labute approximate surface area is 245 Å². The Morgan fingerprint density at radius 1 is 0.927 bits per heavy atom. The maximum Gasteiger partial charge on any atom is 0.339 e. The summed E-state index contributed by atoms with van der Waals surface area (Å²) >= 11 is 6.12. The molecule has 0 aliphatic rings. The van der Waals surface area contributed by atoms with E-state index >= 15 is 0 Å². The molecule has 0 aromatic heterocycles. The molecule has 0 unspecified atom stereocenters. The van der Waals surface area contributed by atoms with Gasteiger partial charge in [0.1, 0.15) is 11.3 Å². The number of phenols is 1. The highest BCUT2D eigenvalue weighted by Gasteiger charge is 2.25. The summed E-state index contributed by atoms with van der Waals surface area (Å²) in [4.78, 5) is 13.5. The number of benzene rings is 4. The van der Waals surface area contributed by atoms with E-state index in [0.717, 1.165) is 22.8 Å². The van der Waals surface area contributed by atoms with E-state index in [0.29, 0.717) is 31.1 Å². The molecule has 0 radical (unpaired) electrons. The molecule has 7 nitrogen and oxygen atoms in total. The lowest BCUT2D eigenvalue weighted by Gasteiger charge is -2.25. The van der Waals surface area contributed by atoms with Gasteiger partial charge in [-0.05, 0) is 65.9 Å². The van der Waals surface area contributed by atoms with Crippen LogP contribution < -0.4 is 0 Å². The number of sulfone groups is 1. The minimum absolute atomic E-state index is 0.0518. The number of carbonyl (C=O) groups is 1. The molecule has 0 spiro atoms. The summed E-state index contributed by atoms with van der Waals surface area (Å²) in [5, 5.41) is 31.2. The Bertz CT molecular complexity index is 1610. The number of nitrogens with zero attached hydrogens (tertiary/aromatic N) is 1. The van der Waals surface area contributed by atoms with Crippen LogP contribution in [0.2, 0.25) is 5.02 Å². The van der Waals surface area contributed by atoms with Crippen LogP contribution in [0, 0.1) is 0 Å². The van der Waals surface area contributed by atoms with Crippen LogP contribution in [0.4, 0.5) is 0 Å². The summed E-state index contributed by atoms with van der Waals surface area (Å²) in [6.07, 6.45) is 0.0309. The lowest BCUT2D eigenvalue weighted by atomic mass is 10.1. The van der Waals surface area contributed by atoms with Crippen LogP contribution >= 0.6 is 11.6 Å². The third kappa shape index (κ3) is 7.34. The molecule has 214 valence electrons. The van der Waals surface area contributed by atoms with Gasteiger partial charge in [0.2, 0.25) is 9.84 Å². The molecular weight excluding hydrogens is 562 g/mol. The number of aromatic carboxylic acids is 1. The Morgan fingerprint density at radius 3 is 2.27 bits per heavy atom. The highest BCUT2D eigenvalue weighted by molar-refractivity contribution is 7.91. The van der Waals surface area contributed by atoms with Gasteiger partial charge in [-0.25, -0.2) is 13.2 Å². The largest absolute Gasteiger partial charge is 0.507 e. The number of aromatic hydroxyl groups is 1. The highest BCUT2D eigenvalue weighted by atomic mass is 35.5. The summed E-state index contributed by atoms with van der Waals surface area (Å²) in [6.45, 7) is 3.29. The zero-order chi connectivity index (χ0) is 29.6. The van der Waals surface area contributed by atoms with Crippen molar-refractivity contribution in [2.24, 2.45) is 0 Å². The molecule has 3 N–H and O–H groups in total. The number of aliphatic hydroxyl groups is 1. The molecule has 0 fully saturated rings. The number of carboxylic acid groups (broad SMARTS) is 1. The fourth-order valence-corrected chi connectivity index (χ4v) is 6.53. The summed E-state index contributed by atoms with van der Waals surface area (Å²) in [5.74, 6) is -1.86. The van der Waals surface area contributed by atoms with E-state index in [-0.39, 0.29) is 27.3 Å². The van der Waals surface area contributed by atoms with Crippen molar-refractivity contribution in [2.45, 2.75) is 42.2 Å². The molecule has 4 aromatic rings. The lowest BCUT2D eigenvalue weighted by molar-refractivity contribution is 0.0693. The quantitative estimate of drug-likeness (QED) is 0.187. The third-order valence-corrected chi connectivity index (χ3v) is 9.07. The molecule has 0 aliphatic carbocycles. The predicted molar refractivity (Wildman–Crippen MR) is 158 cm³/mol. The van der Waals surface area contributed by atoms with Crippen molar-refractivity contribution in [3.8, 4) is 5.75 Å². The van der Waals surface area contributed by atoms with E-state index < -0.39 is 27.7 Å². The number of rotatable bonds is 12. The molecule has 4 rings (SSSR count). The molecule has 1 atom stereocenters. The number of aliphatic hydroxyl groups excluding tert-OH is 1. The van der Waals surface area contributed by atoms with Crippen molar-refractivity contribution in [2.75, 3.05) is 13.1 Å². The van der Waals surface area contributed by atoms with Crippen LogP contribution in [0.3, 0.4) is 0 Å². The average Bonchev–Trinajstić information content (AvgIpc) is 2.96. The molecule has 0 bridgehead atoms. The van der Waals surface area contributed by atoms with Gasteiger partial charge in [0.05, 0.1) is 15.9 Å². The topological polar surface area (TPSA) is 115 Å². The minimum Gasteiger partial charge on any atom is -0.507 e. The van der Waals surface area contributed by atoms with Crippen LogP contribution in [0.25, 0.3) is 0 Å². The molecule has 0 amide bonds. The smallest absolute Gasteiger partial charge is 0.339 e. The van der Waals surface area contributed by atoms with E-state index in [9.17, 15) is 28.5 Å². The van der Waals surface area contributed by atoms with Crippen LogP contribution in [0.5, 0.6) is 5.75 Å². The van der Waals surface area contributed by atoms with Crippen molar-refractivity contribution in [3.05, 3.63) is 124 Å². The Hall–Kier alpha value is -3.69. The molecular formula is C32H32ClNO6S. The highest BCUT2D eigenvalue weighted by Crippen LogP contribution is 2.33. The molecule has 0 saturated carbocycles. The van der Waals surface area contributed by atoms with Gasteiger partial charge < -0.3 is 15.3 Å². The van der Waals surface area contributed by atoms with E-state index in [1.165, 1.54) is 18.2 Å². The van der Waals surface area contributed by atoms with Crippen molar-refractivity contribution in [1.29, 1.82) is 0 Å².